The van der Waals surface area contributed by atoms with Crippen molar-refractivity contribution in [2.24, 2.45) is 5.73 Å². The monoisotopic (exact) mass is 296 g/mol. The van der Waals surface area contributed by atoms with Crippen LogP contribution in [0.25, 0.3) is 0 Å². The summed E-state index contributed by atoms with van der Waals surface area (Å²) in [4.78, 5) is 14.3. The zero-order chi connectivity index (χ0) is 12.5. The van der Waals surface area contributed by atoms with Crippen molar-refractivity contribution in [2.45, 2.75) is 25.3 Å². The van der Waals surface area contributed by atoms with E-state index in [0.717, 1.165) is 29.4 Å². The minimum Gasteiger partial charge on any atom is -0.332 e. The summed E-state index contributed by atoms with van der Waals surface area (Å²) in [5.41, 5.74) is 6.34. The maximum atomic E-state index is 12.4. The van der Waals surface area contributed by atoms with E-state index in [4.69, 9.17) is 5.73 Å². The molecule has 17 heavy (non-hydrogen) atoms. The molecule has 1 saturated heterocycles. The molecule has 0 aromatic heterocycles. The minimum absolute atomic E-state index is 0.0803. The third-order valence-electron chi connectivity index (χ3n) is 3.51. The Hall–Kier alpha value is -0.870. The molecule has 2 N–H and O–H groups in total. The van der Waals surface area contributed by atoms with Crippen molar-refractivity contribution in [3.63, 3.8) is 0 Å². The molecule has 0 saturated carbocycles. The molecular formula is C13H17BrN2O. The number of halogens is 1. The smallest absolute Gasteiger partial charge is 0.254 e. The second-order valence-corrected chi connectivity index (χ2v) is 5.69. The van der Waals surface area contributed by atoms with Gasteiger partial charge in [0.25, 0.3) is 5.91 Å². The van der Waals surface area contributed by atoms with Gasteiger partial charge in [-0.05, 0) is 38.0 Å². The van der Waals surface area contributed by atoms with E-state index in [1.165, 1.54) is 0 Å². The van der Waals surface area contributed by atoms with Crippen LogP contribution in [-0.4, -0.2) is 29.4 Å². The first-order chi connectivity index (χ1) is 8.07. The Labute approximate surface area is 110 Å². The van der Waals surface area contributed by atoms with Gasteiger partial charge >= 0.3 is 0 Å². The Morgan fingerprint density at radius 1 is 1.59 bits per heavy atom. The van der Waals surface area contributed by atoms with Crippen molar-refractivity contribution in [3.8, 4) is 0 Å². The summed E-state index contributed by atoms with van der Waals surface area (Å²) >= 11 is 3.39. The molecule has 1 aromatic rings. The number of likely N-dealkylation sites (tertiary alicyclic amines) is 1. The number of hydrogen-bond acceptors (Lipinski definition) is 2. The number of carbonyl (C=O) groups is 1. The van der Waals surface area contributed by atoms with Gasteiger partial charge in [0.05, 0.1) is 5.54 Å². The first kappa shape index (κ1) is 12.6. The maximum Gasteiger partial charge on any atom is 0.254 e. The molecule has 3 nitrogen and oxygen atoms in total. The third-order valence-corrected chi connectivity index (χ3v) is 4.00. The average molecular weight is 297 g/mol. The standard InChI is InChI=1S/C13H17BrN2O/c1-13(9-15)6-3-7-16(13)12(17)10-4-2-5-11(14)8-10/h2,4-5,8H,3,6-7,9,15H2,1H3. The van der Waals surface area contributed by atoms with Gasteiger partial charge in [-0.25, -0.2) is 0 Å². The lowest BCUT2D eigenvalue weighted by molar-refractivity contribution is 0.0637. The first-order valence-electron chi connectivity index (χ1n) is 5.84. The fraction of sp³-hybridized carbons (Fsp3) is 0.462. The van der Waals surface area contributed by atoms with Gasteiger partial charge in [0, 0.05) is 23.1 Å². The van der Waals surface area contributed by atoms with Crippen molar-refractivity contribution in [3.05, 3.63) is 34.3 Å². The molecule has 1 aromatic carbocycles. The van der Waals surface area contributed by atoms with Crippen molar-refractivity contribution in [2.75, 3.05) is 13.1 Å². The molecule has 1 aliphatic rings. The van der Waals surface area contributed by atoms with E-state index in [-0.39, 0.29) is 11.4 Å². The van der Waals surface area contributed by atoms with Crippen LogP contribution < -0.4 is 5.73 Å². The van der Waals surface area contributed by atoms with Crippen LogP contribution in [0.4, 0.5) is 0 Å². The Kier molecular flexibility index (Phi) is 3.54. The molecule has 1 heterocycles. The molecule has 1 fully saturated rings. The summed E-state index contributed by atoms with van der Waals surface area (Å²) in [6, 6.07) is 7.51. The second-order valence-electron chi connectivity index (χ2n) is 4.77. The summed E-state index contributed by atoms with van der Waals surface area (Å²) in [7, 11) is 0. The van der Waals surface area contributed by atoms with Gasteiger partial charge in [-0.2, -0.15) is 0 Å². The van der Waals surface area contributed by atoms with Gasteiger partial charge in [-0.1, -0.05) is 22.0 Å². The van der Waals surface area contributed by atoms with Crippen LogP contribution in [0.3, 0.4) is 0 Å². The highest BCUT2D eigenvalue weighted by Crippen LogP contribution is 2.29. The van der Waals surface area contributed by atoms with E-state index in [2.05, 4.69) is 22.9 Å². The number of amides is 1. The first-order valence-corrected chi connectivity index (χ1v) is 6.64. The number of rotatable bonds is 2. The molecule has 2 rings (SSSR count). The SMILES string of the molecule is CC1(CN)CCCN1C(=O)c1cccc(Br)c1. The maximum absolute atomic E-state index is 12.4. The van der Waals surface area contributed by atoms with Crippen LogP contribution in [0.5, 0.6) is 0 Å². The van der Waals surface area contributed by atoms with Crippen molar-refractivity contribution in [1.82, 2.24) is 4.90 Å². The van der Waals surface area contributed by atoms with Gasteiger partial charge < -0.3 is 10.6 Å². The highest BCUT2D eigenvalue weighted by atomic mass is 79.9. The van der Waals surface area contributed by atoms with Gasteiger partial charge in [-0.3, -0.25) is 4.79 Å². The van der Waals surface area contributed by atoms with Crippen molar-refractivity contribution in [1.29, 1.82) is 0 Å². The molecule has 4 heteroatoms. The number of nitrogens with two attached hydrogens (primary N) is 1. The zero-order valence-electron chi connectivity index (χ0n) is 9.95. The summed E-state index contributed by atoms with van der Waals surface area (Å²) < 4.78 is 0.928. The van der Waals surface area contributed by atoms with Gasteiger partial charge in [0.15, 0.2) is 0 Å². The van der Waals surface area contributed by atoms with Crippen LogP contribution in [0.2, 0.25) is 0 Å². The number of hydrogen-bond donors (Lipinski definition) is 1. The number of nitrogens with zero attached hydrogens (tertiary/aromatic N) is 1. The quantitative estimate of drug-likeness (QED) is 0.911. The number of carbonyl (C=O) groups excluding carboxylic acids is 1. The Morgan fingerprint density at radius 2 is 2.35 bits per heavy atom. The summed E-state index contributed by atoms with van der Waals surface area (Å²) in [6.45, 7) is 3.39. The van der Waals surface area contributed by atoms with Crippen LogP contribution in [0, 0.1) is 0 Å². The second kappa shape index (κ2) is 4.78. The Bertz CT molecular complexity index is 435. The largest absolute Gasteiger partial charge is 0.332 e. The van der Waals surface area contributed by atoms with Crippen molar-refractivity contribution >= 4 is 21.8 Å². The molecule has 0 bridgehead atoms. The van der Waals surface area contributed by atoms with E-state index in [1.54, 1.807) is 0 Å². The van der Waals surface area contributed by atoms with Crippen LogP contribution in [-0.2, 0) is 0 Å². The van der Waals surface area contributed by atoms with Crippen LogP contribution in [0.1, 0.15) is 30.1 Å². The van der Waals surface area contributed by atoms with Crippen LogP contribution in [0.15, 0.2) is 28.7 Å². The normalized spacial score (nSPS) is 24.1. The Balaban J connectivity index is 2.26. The minimum atomic E-state index is -0.181. The Morgan fingerprint density at radius 3 is 3.00 bits per heavy atom. The number of benzene rings is 1. The van der Waals surface area contributed by atoms with Gasteiger partial charge in [0.2, 0.25) is 0 Å². The highest BCUT2D eigenvalue weighted by Gasteiger charge is 2.38. The molecule has 0 radical (unpaired) electrons. The average Bonchev–Trinajstić information content (AvgIpc) is 2.71. The summed E-state index contributed by atoms with van der Waals surface area (Å²) in [6.07, 6.45) is 2.02. The van der Waals surface area contributed by atoms with Gasteiger partial charge in [0.1, 0.15) is 0 Å². The van der Waals surface area contributed by atoms with Crippen LogP contribution >= 0.6 is 15.9 Å². The molecule has 1 atom stereocenters. The lowest BCUT2D eigenvalue weighted by Gasteiger charge is -2.34. The molecule has 92 valence electrons. The molecule has 1 amide bonds. The van der Waals surface area contributed by atoms with Gasteiger partial charge in [-0.15, -0.1) is 0 Å². The molecule has 1 aliphatic heterocycles. The van der Waals surface area contributed by atoms with E-state index in [0.29, 0.717) is 6.54 Å². The van der Waals surface area contributed by atoms with E-state index in [9.17, 15) is 4.79 Å². The fourth-order valence-electron chi connectivity index (χ4n) is 2.36. The van der Waals surface area contributed by atoms with Crippen molar-refractivity contribution < 1.29 is 4.79 Å². The molecular weight excluding hydrogens is 280 g/mol. The van der Waals surface area contributed by atoms with E-state index >= 15 is 0 Å². The lowest BCUT2D eigenvalue weighted by Crippen LogP contribution is -2.50. The summed E-state index contributed by atoms with van der Waals surface area (Å²) in [5, 5.41) is 0. The predicted octanol–water partition coefficient (Wildman–Crippen LogP) is 2.40. The third kappa shape index (κ3) is 2.38. The molecule has 1 unspecified atom stereocenters. The zero-order valence-corrected chi connectivity index (χ0v) is 11.5. The van der Waals surface area contributed by atoms with E-state index in [1.807, 2.05) is 29.2 Å². The van der Waals surface area contributed by atoms with E-state index < -0.39 is 0 Å². The fourth-order valence-corrected chi connectivity index (χ4v) is 2.76. The molecule has 0 spiro atoms. The topological polar surface area (TPSA) is 46.3 Å². The predicted molar refractivity (Wildman–Crippen MR) is 71.9 cm³/mol. The summed E-state index contributed by atoms with van der Waals surface area (Å²) in [5.74, 6) is 0.0803. The highest BCUT2D eigenvalue weighted by molar-refractivity contribution is 9.10. The molecule has 0 aliphatic carbocycles. The lowest BCUT2D eigenvalue weighted by atomic mass is 9.98.